The lowest BCUT2D eigenvalue weighted by atomic mass is 9.94. The molecule has 0 saturated carbocycles. The van der Waals surface area contributed by atoms with Gasteiger partial charge in [0.25, 0.3) is 5.91 Å². The van der Waals surface area contributed by atoms with Crippen LogP contribution in [-0.4, -0.2) is 48.4 Å². The SMILES string of the molecule is O=C(c1ccco1)N1CCN(CC2CC=CCC2)CC1. The van der Waals surface area contributed by atoms with Gasteiger partial charge in [-0.3, -0.25) is 9.69 Å². The molecule has 2 heterocycles. The number of amides is 1. The molecule has 1 aromatic rings. The molecule has 4 nitrogen and oxygen atoms in total. The van der Waals surface area contributed by atoms with E-state index in [2.05, 4.69) is 17.1 Å². The van der Waals surface area contributed by atoms with Gasteiger partial charge in [0.1, 0.15) is 0 Å². The Labute approximate surface area is 120 Å². The minimum Gasteiger partial charge on any atom is -0.459 e. The van der Waals surface area contributed by atoms with Crippen molar-refractivity contribution in [3.8, 4) is 0 Å². The molecule has 2 aliphatic rings. The maximum Gasteiger partial charge on any atom is 0.289 e. The summed E-state index contributed by atoms with van der Waals surface area (Å²) < 4.78 is 5.18. The van der Waals surface area contributed by atoms with Gasteiger partial charge in [0.15, 0.2) is 5.76 Å². The number of rotatable bonds is 3. The Kier molecular flexibility index (Phi) is 4.21. The molecule has 0 bridgehead atoms. The van der Waals surface area contributed by atoms with Crippen LogP contribution in [0.5, 0.6) is 0 Å². The molecule has 1 amide bonds. The Morgan fingerprint density at radius 1 is 1.25 bits per heavy atom. The second-order valence-electron chi connectivity index (χ2n) is 5.72. The fraction of sp³-hybridized carbons (Fsp3) is 0.562. The molecule has 1 fully saturated rings. The van der Waals surface area contributed by atoms with Gasteiger partial charge in [-0.05, 0) is 37.3 Å². The lowest BCUT2D eigenvalue weighted by Gasteiger charge is -2.36. The van der Waals surface area contributed by atoms with Crippen molar-refractivity contribution in [2.75, 3.05) is 32.7 Å². The summed E-state index contributed by atoms with van der Waals surface area (Å²) in [5, 5.41) is 0. The van der Waals surface area contributed by atoms with E-state index in [-0.39, 0.29) is 5.91 Å². The summed E-state index contributed by atoms with van der Waals surface area (Å²) in [6.07, 6.45) is 9.90. The molecule has 0 spiro atoms. The summed E-state index contributed by atoms with van der Waals surface area (Å²) >= 11 is 0. The summed E-state index contributed by atoms with van der Waals surface area (Å²) in [7, 11) is 0. The molecule has 1 saturated heterocycles. The van der Waals surface area contributed by atoms with Crippen molar-refractivity contribution < 1.29 is 9.21 Å². The van der Waals surface area contributed by atoms with Crippen molar-refractivity contribution in [2.45, 2.75) is 19.3 Å². The summed E-state index contributed by atoms with van der Waals surface area (Å²) in [5.41, 5.74) is 0. The Morgan fingerprint density at radius 2 is 2.10 bits per heavy atom. The zero-order valence-corrected chi connectivity index (χ0v) is 11.8. The van der Waals surface area contributed by atoms with Crippen LogP contribution in [0.4, 0.5) is 0 Å². The second-order valence-corrected chi connectivity index (χ2v) is 5.72. The van der Waals surface area contributed by atoms with Crippen molar-refractivity contribution in [1.29, 1.82) is 0 Å². The summed E-state index contributed by atoms with van der Waals surface area (Å²) in [4.78, 5) is 16.6. The van der Waals surface area contributed by atoms with Crippen LogP contribution in [-0.2, 0) is 0 Å². The van der Waals surface area contributed by atoms with Gasteiger partial charge in [-0.25, -0.2) is 0 Å². The van der Waals surface area contributed by atoms with Crippen LogP contribution in [0.15, 0.2) is 35.0 Å². The van der Waals surface area contributed by atoms with Crippen LogP contribution in [0, 0.1) is 5.92 Å². The van der Waals surface area contributed by atoms with E-state index in [9.17, 15) is 4.79 Å². The molecule has 4 heteroatoms. The number of carbonyl (C=O) groups excluding carboxylic acids is 1. The lowest BCUT2D eigenvalue weighted by molar-refractivity contribution is 0.0584. The Balaban J connectivity index is 1.47. The zero-order valence-electron chi connectivity index (χ0n) is 11.8. The third kappa shape index (κ3) is 3.12. The van der Waals surface area contributed by atoms with Crippen molar-refractivity contribution >= 4 is 5.91 Å². The topological polar surface area (TPSA) is 36.7 Å². The second kappa shape index (κ2) is 6.27. The molecule has 108 valence electrons. The van der Waals surface area contributed by atoms with Gasteiger partial charge in [0.2, 0.25) is 0 Å². The molecule has 1 unspecified atom stereocenters. The van der Waals surface area contributed by atoms with E-state index in [1.165, 1.54) is 25.8 Å². The van der Waals surface area contributed by atoms with Gasteiger partial charge in [0, 0.05) is 32.7 Å². The van der Waals surface area contributed by atoms with Gasteiger partial charge >= 0.3 is 0 Å². The summed E-state index contributed by atoms with van der Waals surface area (Å²) in [6.45, 7) is 4.75. The highest BCUT2D eigenvalue weighted by molar-refractivity contribution is 5.91. The fourth-order valence-corrected chi connectivity index (χ4v) is 3.08. The fourth-order valence-electron chi connectivity index (χ4n) is 3.08. The number of hydrogen-bond acceptors (Lipinski definition) is 3. The molecule has 1 aliphatic heterocycles. The normalized spacial score (nSPS) is 24.0. The predicted octanol–water partition coefficient (Wildman–Crippen LogP) is 2.39. The Morgan fingerprint density at radius 3 is 2.75 bits per heavy atom. The number of nitrogens with zero attached hydrogens (tertiary/aromatic N) is 2. The number of hydrogen-bond donors (Lipinski definition) is 0. The Hall–Kier alpha value is -1.55. The van der Waals surface area contributed by atoms with E-state index < -0.39 is 0 Å². The lowest BCUT2D eigenvalue weighted by Crippen LogP contribution is -2.49. The molecule has 1 aliphatic carbocycles. The molecule has 0 radical (unpaired) electrons. The van der Waals surface area contributed by atoms with Gasteiger partial charge in [-0.15, -0.1) is 0 Å². The third-order valence-corrected chi connectivity index (χ3v) is 4.29. The van der Waals surface area contributed by atoms with Crippen molar-refractivity contribution in [1.82, 2.24) is 9.80 Å². The highest BCUT2D eigenvalue weighted by Gasteiger charge is 2.24. The minimum absolute atomic E-state index is 0.0234. The first-order chi connectivity index (χ1) is 9.83. The largest absolute Gasteiger partial charge is 0.459 e. The maximum absolute atomic E-state index is 12.2. The van der Waals surface area contributed by atoms with E-state index in [0.717, 1.165) is 32.1 Å². The monoisotopic (exact) mass is 274 g/mol. The summed E-state index contributed by atoms with van der Waals surface area (Å²) in [6, 6.07) is 3.50. The van der Waals surface area contributed by atoms with Crippen LogP contribution in [0.1, 0.15) is 29.8 Å². The number of furan rings is 1. The highest BCUT2D eigenvalue weighted by atomic mass is 16.3. The van der Waals surface area contributed by atoms with Gasteiger partial charge in [-0.2, -0.15) is 0 Å². The standard InChI is InChI=1S/C16H22N2O2/c19-16(15-7-4-12-20-15)18-10-8-17(9-11-18)13-14-5-2-1-3-6-14/h1-2,4,7,12,14H,3,5-6,8-11,13H2. The van der Waals surface area contributed by atoms with E-state index in [1.807, 2.05) is 4.90 Å². The molecule has 20 heavy (non-hydrogen) atoms. The smallest absolute Gasteiger partial charge is 0.289 e. The van der Waals surface area contributed by atoms with E-state index >= 15 is 0 Å². The van der Waals surface area contributed by atoms with Crippen LogP contribution >= 0.6 is 0 Å². The number of piperazine rings is 1. The minimum atomic E-state index is 0.0234. The molecular weight excluding hydrogens is 252 g/mol. The van der Waals surface area contributed by atoms with Crippen molar-refractivity contribution in [3.05, 3.63) is 36.3 Å². The van der Waals surface area contributed by atoms with Gasteiger partial charge in [0.05, 0.1) is 6.26 Å². The van der Waals surface area contributed by atoms with Crippen LogP contribution < -0.4 is 0 Å². The molecule has 0 aromatic carbocycles. The van der Waals surface area contributed by atoms with Gasteiger partial charge in [-0.1, -0.05) is 12.2 Å². The zero-order chi connectivity index (χ0) is 13.8. The molecule has 0 N–H and O–H groups in total. The first kappa shape index (κ1) is 13.4. The van der Waals surface area contributed by atoms with E-state index in [1.54, 1.807) is 18.4 Å². The van der Waals surface area contributed by atoms with Crippen molar-refractivity contribution in [2.24, 2.45) is 5.92 Å². The third-order valence-electron chi connectivity index (χ3n) is 4.29. The number of allylic oxidation sites excluding steroid dienone is 2. The van der Waals surface area contributed by atoms with Crippen LogP contribution in [0.2, 0.25) is 0 Å². The summed E-state index contributed by atoms with van der Waals surface area (Å²) in [5.74, 6) is 1.28. The van der Waals surface area contributed by atoms with E-state index in [4.69, 9.17) is 4.42 Å². The highest BCUT2D eigenvalue weighted by Crippen LogP contribution is 2.20. The quantitative estimate of drug-likeness (QED) is 0.794. The number of carbonyl (C=O) groups is 1. The predicted molar refractivity (Wildman–Crippen MR) is 77.5 cm³/mol. The van der Waals surface area contributed by atoms with E-state index in [0.29, 0.717) is 5.76 Å². The van der Waals surface area contributed by atoms with Crippen LogP contribution in [0.3, 0.4) is 0 Å². The average molecular weight is 274 g/mol. The van der Waals surface area contributed by atoms with Crippen molar-refractivity contribution in [3.63, 3.8) is 0 Å². The maximum atomic E-state index is 12.2. The Bertz CT molecular complexity index is 459. The molecule has 1 atom stereocenters. The van der Waals surface area contributed by atoms with Gasteiger partial charge < -0.3 is 9.32 Å². The molecule has 3 rings (SSSR count). The molecular formula is C16H22N2O2. The molecule has 1 aromatic heterocycles. The first-order valence-electron chi connectivity index (χ1n) is 7.53. The van der Waals surface area contributed by atoms with Crippen LogP contribution in [0.25, 0.3) is 0 Å². The first-order valence-corrected chi connectivity index (χ1v) is 7.53. The average Bonchev–Trinajstić information content (AvgIpc) is 3.03.